The van der Waals surface area contributed by atoms with Crippen LogP contribution in [0.15, 0.2) is 6.20 Å². The molecule has 14 heavy (non-hydrogen) atoms. The lowest BCUT2D eigenvalue weighted by Crippen LogP contribution is -2.16. The van der Waals surface area contributed by atoms with Gasteiger partial charge in [0.05, 0.1) is 18.4 Å². The van der Waals surface area contributed by atoms with Gasteiger partial charge in [-0.25, -0.2) is 4.79 Å². The first kappa shape index (κ1) is 10.4. The third kappa shape index (κ3) is 1.81. The molecular formula is C9H12N2O3. The van der Waals surface area contributed by atoms with Gasteiger partial charge in [-0.3, -0.25) is 9.48 Å². The molecule has 0 N–H and O–H groups in total. The van der Waals surface area contributed by atoms with E-state index in [4.69, 9.17) is 0 Å². The summed E-state index contributed by atoms with van der Waals surface area (Å²) < 4.78 is 5.86. The zero-order valence-corrected chi connectivity index (χ0v) is 8.40. The largest absolute Gasteiger partial charge is 0.463 e. The smallest absolute Gasteiger partial charge is 0.379 e. The van der Waals surface area contributed by atoms with Crippen molar-refractivity contribution in [3.05, 3.63) is 17.5 Å². The molecule has 1 aromatic rings. The summed E-state index contributed by atoms with van der Waals surface area (Å²) in [6.07, 6.45) is 2.14. The van der Waals surface area contributed by atoms with Gasteiger partial charge in [-0.05, 0) is 6.42 Å². The highest BCUT2D eigenvalue weighted by atomic mass is 16.5. The van der Waals surface area contributed by atoms with Crippen molar-refractivity contribution in [2.45, 2.75) is 13.3 Å². The number of ketones is 1. The molecule has 0 fully saturated rings. The maximum Gasteiger partial charge on any atom is 0.379 e. The van der Waals surface area contributed by atoms with Crippen LogP contribution in [0, 0.1) is 0 Å². The van der Waals surface area contributed by atoms with Crippen molar-refractivity contribution in [1.82, 2.24) is 9.78 Å². The van der Waals surface area contributed by atoms with E-state index in [1.54, 1.807) is 7.05 Å². The number of Topliss-reactive ketones (excluding diaryl/α,β-unsaturated/α-hetero) is 1. The number of hydrogen-bond acceptors (Lipinski definition) is 4. The van der Waals surface area contributed by atoms with Crippen LogP contribution in [0.4, 0.5) is 0 Å². The Hall–Kier alpha value is -1.65. The predicted octanol–water partition coefficient (Wildman–Crippen LogP) is 0.338. The van der Waals surface area contributed by atoms with E-state index in [1.807, 2.05) is 6.92 Å². The van der Waals surface area contributed by atoms with Crippen LogP contribution in [0.5, 0.6) is 0 Å². The zero-order chi connectivity index (χ0) is 10.7. The van der Waals surface area contributed by atoms with E-state index in [1.165, 1.54) is 18.0 Å². The monoisotopic (exact) mass is 196 g/mol. The summed E-state index contributed by atoms with van der Waals surface area (Å²) in [4.78, 5) is 22.4. The summed E-state index contributed by atoms with van der Waals surface area (Å²) in [6.45, 7) is 1.87. The van der Waals surface area contributed by atoms with Crippen LogP contribution in [0.3, 0.4) is 0 Å². The lowest BCUT2D eigenvalue weighted by atomic mass is 10.1. The molecule has 1 aromatic heterocycles. The van der Waals surface area contributed by atoms with Crippen molar-refractivity contribution < 1.29 is 14.3 Å². The van der Waals surface area contributed by atoms with Gasteiger partial charge in [0.15, 0.2) is 0 Å². The summed E-state index contributed by atoms with van der Waals surface area (Å²) in [5.74, 6) is -1.50. The third-order valence-electron chi connectivity index (χ3n) is 1.86. The van der Waals surface area contributed by atoms with Crippen LogP contribution in [0.1, 0.15) is 23.0 Å². The van der Waals surface area contributed by atoms with E-state index in [0.29, 0.717) is 17.7 Å². The molecule has 0 bridgehead atoms. The Morgan fingerprint density at radius 3 is 2.71 bits per heavy atom. The molecule has 0 saturated carbocycles. The molecule has 0 radical (unpaired) electrons. The molecular weight excluding hydrogens is 184 g/mol. The SMILES string of the molecule is CCc1nn(C)cc1C(=O)C(=O)OC. The van der Waals surface area contributed by atoms with Gasteiger partial charge in [-0.2, -0.15) is 5.10 Å². The average molecular weight is 196 g/mol. The van der Waals surface area contributed by atoms with Gasteiger partial charge >= 0.3 is 5.97 Å². The van der Waals surface area contributed by atoms with Crippen molar-refractivity contribution in [2.24, 2.45) is 7.05 Å². The van der Waals surface area contributed by atoms with Gasteiger partial charge in [-0.1, -0.05) is 6.92 Å². The molecule has 0 aliphatic rings. The topological polar surface area (TPSA) is 61.2 Å². The minimum atomic E-state index is -0.854. The Morgan fingerprint density at radius 2 is 2.21 bits per heavy atom. The number of aromatic nitrogens is 2. The molecule has 1 heterocycles. The van der Waals surface area contributed by atoms with Gasteiger partial charge in [0.25, 0.3) is 5.78 Å². The molecule has 5 nitrogen and oxygen atoms in total. The molecule has 5 heteroatoms. The maximum atomic E-state index is 11.4. The highest BCUT2D eigenvalue weighted by Crippen LogP contribution is 2.08. The van der Waals surface area contributed by atoms with E-state index < -0.39 is 11.8 Å². The molecule has 0 unspecified atom stereocenters. The minimum Gasteiger partial charge on any atom is -0.463 e. The van der Waals surface area contributed by atoms with Crippen LogP contribution < -0.4 is 0 Å². The van der Waals surface area contributed by atoms with Crippen molar-refractivity contribution in [3.8, 4) is 0 Å². The van der Waals surface area contributed by atoms with Crippen LogP contribution in [-0.2, 0) is 23.0 Å². The molecule has 0 aromatic carbocycles. The first-order chi connectivity index (χ1) is 6.60. The summed E-state index contributed by atoms with van der Waals surface area (Å²) in [7, 11) is 2.88. The van der Waals surface area contributed by atoms with Gasteiger partial charge in [-0.15, -0.1) is 0 Å². The summed E-state index contributed by atoms with van der Waals surface area (Å²) in [5.41, 5.74) is 0.935. The second-order valence-electron chi connectivity index (χ2n) is 2.84. The highest BCUT2D eigenvalue weighted by Gasteiger charge is 2.21. The Bertz CT molecular complexity index is 368. The van der Waals surface area contributed by atoms with E-state index in [-0.39, 0.29) is 0 Å². The number of carbonyl (C=O) groups excluding carboxylic acids is 2. The number of nitrogens with zero attached hydrogens (tertiary/aromatic N) is 2. The van der Waals surface area contributed by atoms with Crippen molar-refractivity contribution in [3.63, 3.8) is 0 Å². The normalized spacial score (nSPS) is 9.93. The number of carbonyl (C=O) groups is 2. The Labute approximate surface area is 81.7 Å². The van der Waals surface area contributed by atoms with E-state index in [0.717, 1.165) is 0 Å². The van der Waals surface area contributed by atoms with Gasteiger partial charge < -0.3 is 4.74 Å². The fourth-order valence-electron chi connectivity index (χ4n) is 1.19. The number of hydrogen-bond donors (Lipinski definition) is 0. The molecule has 0 amide bonds. The highest BCUT2D eigenvalue weighted by molar-refractivity contribution is 6.40. The number of ether oxygens (including phenoxy) is 1. The zero-order valence-electron chi connectivity index (χ0n) is 8.40. The fraction of sp³-hybridized carbons (Fsp3) is 0.444. The molecule has 1 rings (SSSR count). The molecule has 76 valence electrons. The van der Waals surface area contributed by atoms with Crippen molar-refractivity contribution in [2.75, 3.05) is 7.11 Å². The third-order valence-corrected chi connectivity index (χ3v) is 1.86. The van der Waals surface area contributed by atoms with E-state index in [2.05, 4.69) is 9.84 Å². The molecule has 0 spiro atoms. The minimum absolute atomic E-state index is 0.321. The predicted molar refractivity (Wildman–Crippen MR) is 48.9 cm³/mol. The van der Waals surface area contributed by atoms with Crippen LogP contribution in [0.25, 0.3) is 0 Å². The average Bonchev–Trinajstić information content (AvgIpc) is 2.57. The van der Waals surface area contributed by atoms with Gasteiger partial charge in [0.2, 0.25) is 0 Å². The summed E-state index contributed by atoms with van der Waals surface area (Å²) >= 11 is 0. The molecule has 0 aliphatic carbocycles. The van der Waals surface area contributed by atoms with Gasteiger partial charge in [0, 0.05) is 13.2 Å². The summed E-state index contributed by atoms with van der Waals surface area (Å²) in [5, 5.41) is 4.05. The Kier molecular flexibility index (Phi) is 3.01. The Balaban J connectivity index is 3.05. The molecule has 0 atom stereocenters. The number of esters is 1. The van der Waals surface area contributed by atoms with Crippen LogP contribution >= 0.6 is 0 Å². The quantitative estimate of drug-likeness (QED) is 0.397. The maximum absolute atomic E-state index is 11.4. The number of rotatable bonds is 3. The van der Waals surface area contributed by atoms with Crippen molar-refractivity contribution >= 4 is 11.8 Å². The fourth-order valence-corrected chi connectivity index (χ4v) is 1.19. The molecule has 0 saturated heterocycles. The second-order valence-corrected chi connectivity index (χ2v) is 2.84. The van der Waals surface area contributed by atoms with Gasteiger partial charge in [0.1, 0.15) is 0 Å². The standard InChI is InChI=1S/C9H12N2O3/c1-4-7-6(5-11(2)10-7)8(12)9(13)14-3/h5H,4H2,1-3H3. The van der Waals surface area contributed by atoms with E-state index in [9.17, 15) is 9.59 Å². The number of methoxy groups -OCH3 is 1. The first-order valence-electron chi connectivity index (χ1n) is 4.25. The Morgan fingerprint density at radius 1 is 1.57 bits per heavy atom. The van der Waals surface area contributed by atoms with Crippen molar-refractivity contribution in [1.29, 1.82) is 0 Å². The van der Waals surface area contributed by atoms with Crippen LogP contribution in [0.2, 0.25) is 0 Å². The molecule has 0 aliphatic heterocycles. The second kappa shape index (κ2) is 4.04. The first-order valence-corrected chi connectivity index (χ1v) is 4.25. The lowest BCUT2D eigenvalue weighted by Gasteiger charge is -1.96. The van der Waals surface area contributed by atoms with E-state index >= 15 is 0 Å². The summed E-state index contributed by atoms with van der Waals surface area (Å²) in [6, 6.07) is 0. The number of aryl methyl sites for hydroxylation is 2. The lowest BCUT2D eigenvalue weighted by molar-refractivity contribution is -0.135. The van der Waals surface area contributed by atoms with Crippen LogP contribution in [-0.4, -0.2) is 28.6 Å².